The van der Waals surface area contributed by atoms with Crippen LogP contribution in [-0.4, -0.2) is 42.2 Å². The Morgan fingerprint density at radius 3 is 2.49 bits per heavy atom. The number of hydrogen-bond acceptors (Lipinski definition) is 7. The first kappa shape index (κ1) is 25.7. The number of rotatable bonds is 10. The second kappa shape index (κ2) is 11.1. The highest BCUT2D eigenvalue weighted by Crippen LogP contribution is 2.35. The van der Waals surface area contributed by atoms with Crippen LogP contribution in [0, 0.1) is 21.8 Å². The third kappa shape index (κ3) is 5.55. The maximum atomic E-state index is 15.0. The van der Waals surface area contributed by atoms with E-state index in [0.29, 0.717) is 24.3 Å². The van der Waals surface area contributed by atoms with Gasteiger partial charge < -0.3 is 9.47 Å². The fourth-order valence-electron chi connectivity index (χ4n) is 4.44. The molecule has 37 heavy (non-hydrogen) atoms. The van der Waals surface area contributed by atoms with Gasteiger partial charge in [0.25, 0.3) is 0 Å². The number of esters is 1. The third-order valence-corrected chi connectivity index (χ3v) is 6.25. The molecular weight excluding hydrogens is 481 g/mol. The van der Waals surface area contributed by atoms with Crippen LogP contribution in [0.2, 0.25) is 0 Å². The molecule has 0 spiro atoms. The molecule has 0 bridgehead atoms. The molecule has 9 heteroatoms. The lowest BCUT2D eigenvalue weighted by molar-refractivity contribution is -0.484. The molecule has 1 aliphatic rings. The van der Waals surface area contributed by atoms with Gasteiger partial charge in [-0.15, -0.1) is 0 Å². The average molecular weight is 505 g/mol. The summed E-state index contributed by atoms with van der Waals surface area (Å²) in [4.78, 5) is 50.2. The zero-order valence-corrected chi connectivity index (χ0v) is 20.0. The summed E-state index contributed by atoms with van der Waals surface area (Å²) >= 11 is 0. The van der Waals surface area contributed by atoms with E-state index in [1.165, 1.54) is 12.1 Å². The Kier molecular flexibility index (Phi) is 7.71. The number of carbonyl (C=O) groups excluding carboxylic acids is 3. The third-order valence-electron chi connectivity index (χ3n) is 6.25. The summed E-state index contributed by atoms with van der Waals surface area (Å²) in [7, 11) is 0. The molecule has 1 heterocycles. The molecule has 0 saturated heterocycles. The van der Waals surface area contributed by atoms with E-state index in [0.717, 1.165) is 11.6 Å². The van der Waals surface area contributed by atoms with E-state index in [9.17, 15) is 24.5 Å². The zero-order chi connectivity index (χ0) is 26.5. The number of hydrogen-bond donors (Lipinski definition) is 0. The van der Waals surface area contributed by atoms with Gasteiger partial charge in [-0.25, -0.2) is 4.39 Å². The highest BCUT2D eigenvalue weighted by molar-refractivity contribution is 6.12. The van der Waals surface area contributed by atoms with Crippen molar-refractivity contribution in [2.45, 2.75) is 19.3 Å². The predicted octanol–water partition coefficient (Wildman–Crippen LogP) is 4.41. The van der Waals surface area contributed by atoms with Gasteiger partial charge in [0.1, 0.15) is 17.5 Å². The molecule has 4 rings (SSSR count). The molecule has 8 nitrogen and oxygen atoms in total. The van der Waals surface area contributed by atoms with Crippen molar-refractivity contribution in [1.82, 2.24) is 0 Å². The smallest absolute Gasteiger partial charge is 0.317 e. The summed E-state index contributed by atoms with van der Waals surface area (Å²) in [5.41, 5.74) is 1.11. The van der Waals surface area contributed by atoms with E-state index in [-0.39, 0.29) is 23.3 Å². The van der Waals surface area contributed by atoms with Crippen molar-refractivity contribution in [2.24, 2.45) is 5.92 Å². The molecule has 0 aromatic heterocycles. The van der Waals surface area contributed by atoms with Gasteiger partial charge in [0.05, 0.1) is 24.7 Å². The van der Waals surface area contributed by atoms with E-state index in [1.54, 1.807) is 55.5 Å². The molecule has 0 N–H and O–H groups in total. The number of benzene rings is 3. The van der Waals surface area contributed by atoms with Crippen molar-refractivity contribution in [3.05, 3.63) is 110 Å². The van der Waals surface area contributed by atoms with Gasteiger partial charge in [-0.2, -0.15) is 0 Å². The fourth-order valence-corrected chi connectivity index (χ4v) is 4.44. The first-order chi connectivity index (χ1) is 17.8. The van der Waals surface area contributed by atoms with Crippen LogP contribution in [0.1, 0.15) is 50.2 Å². The summed E-state index contributed by atoms with van der Waals surface area (Å²) in [5.74, 6) is -5.57. The molecule has 190 valence electrons. The molecule has 3 aromatic rings. The molecule has 0 fully saturated rings. The fraction of sp³-hybridized carbons (Fsp3) is 0.250. The Morgan fingerprint density at radius 2 is 1.81 bits per heavy atom. The Hall–Kier alpha value is -4.40. The number of nitrogens with zero attached hydrogens (tertiary/aromatic N) is 1. The number of ketones is 2. The number of fused-ring (bicyclic) bond motifs is 1. The molecule has 0 aliphatic carbocycles. The topological polar surface area (TPSA) is 113 Å². The highest BCUT2D eigenvalue weighted by atomic mass is 19.1. The zero-order valence-electron chi connectivity index (χ0n) is 20.0. The maximum Gasteiger partial charge on any atom is 0.317 e. The molecule has 0 saturated carbocycles. The first-order valence-corrected chi connectivity index (χ1v) is 11.8. The Bertz CT molecular complexity index is 1360. The standard InChI is InChI=1S/C28H24FNO7/c1-2-36-28(33)25(22(16-30(34)35)19-9-8-17-12-13-37-24(17)15-19)27(32)20-10-11-21(23(29)14-20)26(31)18-6-4-3-5-7-18/h3-11,14-15,22,25H,2,12-13,16H2,1H3. The van der Waals surface area contributed by atoms with Crippen molar-refractivity contribution >= 4 is 17.5 Å². The second-order valence-corrected chi connectivity index (χ2v) is 8.57. The van der Waals surface area contributed by atoms with Gasteiger partial charge in [-0.1, -0.05) is 48.5 Å². The van der Waals surface area contributed by atoms with E-state index in [2.05, 4.69) is 0 Å². The van der Waals surface area contributed by atoms with E-state index in [4.69, 9.17) is 9.47 Å². The minimum atomic E-state index is -1.61. The van der Waals surface area contributed by atoms with Crippen LogP contribution in [0.5, 0.6) is 5.75 Å². The predicted molar refractivity (Wildman–Crippen MR) is 131 cm³/mol. The van der Waals surface area contributed by atoms with Gasteiger partial charge in [0.15, 0.2) is 11.6 Å². The number of ether oxygens (including phenoxy) is 2. The minimum absolute atomic E-state index is 0.0556. The number of halogens is 1. The largest absolute Gasteiger partial charge is 0.493 e. The summed E-state index contributed by atoms with van der Waals surface area (Å²) in [6.07, 6.45) is 0.684. The lowest BCUT2D eigenvalue weighted by Gasteiger charge is -2.23. The monoisotopic (exact) mass is 505 g/mol. The molecule has 3 aromatic carbocycles. The SMILES string of the molecule is CCOC(=O)C(C(=O)c1ccc(C(=O)c2ccccc2)c(F)c1)C(C[N+](=O)[O-])c1ccc2c(c1)OCC2. The van der Waals surface area contributed by atoms with E-state index < -0.39 is 46.7 Å². The highest BCUT2D eigenvalue weighted by Gasteiger charge is 2.41. The minimum Gasteiger partial charge on any atom is -0.493 e. The van der Waals surface area contributed by atoms with Crippen molar-refractivity contribution in [3.8, 4) is 5.75 Å². The van der Waals surface area contributed by atoms with Crippen LogP contribution in [0.4, 0.5) is 4.39 Å². The summed E-state index contributed by atoms with van der Waals surface area (Å²) in [5, 5.41) is 11.6. The Balaban J connectivity index is 1.72. The summed E-state index contributed by atoms with van der Waals surface area (Å²) < 4.78 is 25.7. The maximum absolute atomic E-state index is 15.0. The quantitative estimate of drug-likeness (QED) is 0.132. The van der Waals surface area contributed by atoms with Crippen molar-refractivity contribution in [3.63, 3.8) is 0 Å². The second-order valence-electron chi connectivity index (χ2n) is 8.57. The van der Waals surface area contributed by atoms with Crippen LogP contribution < -0.4 is 4.74 Å². The molecule has 0 amide bonds. The lowest BCUT2D eigenvalue weighted by atomic mass is 9.80. The molecule has 0 radical (unpaired) electrons. The van der Waals surface area contributed by atoms with Gasteiger partial charge in [-0.05, 0) is 36.2 Å². The number of Topliss-reactive ketones (excluding diaryl/α,β-unsaturated/α-hetero) is 1. The van der Waals surface area contributed by atoms with Crippen molar-refractivity contribution in [2.75, 3.05) is 19.8 Å². The van der Waals surface area contributed by atoms with Crippen LogP contribution in [0.25, 0.3) is 0 Å². The van der Waals surface area contributed by atoms with Gasteiger partial charge in [0, 0.05) is 22.5 Å². The van der Waals surface area contributed by atoms with Gasteiger partial charge in [0.2, 0.25) is 6.54 Å². The molecule has 1 aliphatic heterocycles. The van der Waals surface area contributed by atoms with Crippen molar-refractivity contribution in [1.29, 1.82) is 0 Å². The van der Waals surface area contributed by atoms with Crippen LogP contribution in [0.15, 0.2) is 66.7 Å². The molecular formula is C28H24FNO7. The van der Waals surface area contributed by atoms with Gasteiger partial charge in [-0.3, -0.25) is 24.5 Å². The Labute approximate surface area is 212 Å². The van der Waals surface area contributed by atoms with E-state index in [1.807, 2.05) is 0 Å². The first-order valence-electron chi connectivity index (χ1n) is 11.8. The van der Waals surface area contributed by atoms with E-state index >= 15 is 4.39 Å². The van der Waals surface area contributed by atoms with Crippen molar-refractivity contribution < 1.29 is 33.2 Å². The van der Waals surface area contributed by atoms with Crippen LogP contribution in [0.3, 0.4) is 0 Å². The molecule has 2 unspecified atom stereocenters. The summed E-state index contributed by atoms with van der Waals surface area (Å²) in [6, 6.07) is 16.4. The summed E-state index contributed by atoms with van der Waals surface area (Å²) in [6.45, 7) is 1.22. The van der Waals surface area contributed by atoms with Gasteiger partial charge >= 0.3 is 5.97 Å². The van der Waals surface area contributed by atoms with Crippen LogP contribution in [-0.2, 0) is 16.0 Å². The number of carbonyl (C=O) groups is 3. The van der Waals surface area contributed by atoms with Crippen LogP contribution >= 0.6 is 0 Å². The lowest BCUT2D eigenvalue weighted by Crippen LogP contribution is -2.35. The molecule has 2 atom stereocenters. The Morgan fingerprint density at radius 1 is 1.05 bits per heavy atom. The average Bonchev–Trinajstić information content (AvgIpc) is 3.36. The normalized spacial score (nSPS) is 13.7. The number of nitro groups is 1.